The maximum Gasteiger partial charge on any atom is 0.412 e. The van der Waals surface area contributed by atoms with Crippen LogP contribution in [0.3, 0.4) is 0 Å². The highest BCUT2D eigenvalue weighted by Gasteiger charge is 2.25. The van der Waals surface area contributed by atoms with Gasteiger partial charge < -0.3 is 40.9 Å². The van der Waals surface area contributed by atoms with Crippen molar-refractivity contribution in [2.24, 2.45) is 0 Å². The molecule has 1 aliphatic carbocycles. The Morgan fingerprint density at radius 3 is 0.952 bits per heavy atom. The molecule has 344 valence electrons. The van der Waals surface area contributed by atoms with Crippen LogP contribution in [0.25, 0.3) is 0 Å². The maximum atomic E-state index is 13.4. The van der Waals surface area contributed by atoms with Crippen LogP contribution in [0.15, 0.2) is 48.5 Å². The van der Waals surface area contributed by atoms with E-state index in [9.17, 15) is 4.79 Å². The summed E-state index contributed by atoms with van der Waals surface area (Å²) in [4.78, 5) is 13.4. The zero-order valence-corrected chi connectivity index (χ0v) is 39.4. The fourth-order valence-corrected chi connectivity index (χ4v) is 8.31. The maximum absolute atomic E-state index is 13.4. The molecular weight excluding hydrogens is 789 g/mol. The van der Waals surface area contributed by atoms with E-state index in [2.05, 4.69) is 33.0 Å². The molecule has 10 nitrogen and oxygen atoms in total. The molecule has 0 saturated carbocycles. The molecule has 1 amide bonds. The van der Waals surface area contributed by atoms with Gasteiger partial charge in [0.2, 0.25) is 0 Å². The smallest absolute Gasteiger partial charge is 0.412 e. The summed E-state index contributed by atoms with van der Waals surface area (Å²) in [5.74, 6) is 3.16. The normalized spacial score (nSPS) is 12.4. The Kier molecular flexibility index (Phi) is 18.6. The van der Waals surface area contributed by atoms with E-state index in [1.54, 1.807) is 0 Å². The van der Waals surface area contributed by atoms with Crippen molar-refractivity contribution in [2.45, 2.75) is 157 Å². The van der Waals surface area contributed by atoms with E-state index in [1.807, 2.05) is 69.3 Å². The van der Waals surface area contributed by atoms with Crippen LogP contribution in [-0.4, -0.2) is 38.1 Å². The molecule has 5 rings (SSSR count). The van der Waals surface area contributed by atoms with Crippen molar-refractivity contribution in [3.05, 3.63) is 93.0 Å². The van der Waals surface area contributed by atoms with Gasteiger partial charge in [-0.25, -0.2) is 4.79 Å². The van der Waals surface area contributed by atoms with Gasteiger partial charge in [-0.05, 0) is 95.0 Å². The van der Waals surface area contributed by atoms with Crippen LogP contribution in [0.1, 0.15) is 170 Å². The first kappa shape index (κ1) is 48.8. The lowest BCUT2D eigenvalue weighted by molar-refractivity contribution is 0.0636. The molecule has 0 radical (unpaired) electrons. The topological polar surface area (TPSA) is 153 Å². The monoisotopic (exact) mass is 865 g/mol. The third-order valence-electron chi connectivity index (χ3n) is 11.2. The van der Waals surface area contributed by atoms with Gasteiger partial charge in [-0.15, -0.1) is 0 Å². The Balaban J connectivity index is 1.82. The Bertz CT molecular complexity index is 1990. The van der Waals surface area contributed by atoms with E-state index in [1.165, 1.54) is 0 Å². The zero-order chi connectivity index (χ0) is 45.4. The van der Waals surface area contributed by atoms with Gasteiger partial charge in [-0.3, -0.25) is 5.32 Å². The van der Waals surface area contributed by atoms with Crippen molar-refractivity contribution in [1.29, 1.82) is 0 Å². The Morgan fingerprint density at radius 1 is 0.460 bits per heavy atom. The minimum Gasteiger partial charge on any atom is -0.493 e. The highest BCUT2D eigenvalue weighted by atomic mass is 16.6. The quantitative estimate of drug-likeness (QED) is 0.0417. The molecule has 4 aromatic rings. The van der Waals surface area contributed by atoms with E-state index in [-0.39, 0.29) is 0 Å². The van der Waals surface area contributed by atoms with Gasteiger partial charge in [0.05, 0.1) is 26.4 Å². The summed E-state index contributed by atoms with van der Waals surface area (Å²) >= 11 is 0. The van der Waals surface area contributed by atoms with E-state index >= 15 is 0 Å². The summed E-state index contributed by atoms with van der Waals surface area (Å²) in [6, 6.07) is 16.1. The predicted octanol–water partition coefficient (Wildman–Crippen LogP) is 12.7. The average molecular weight is 865 g/mol. The van der Waals surface area contributed by atoms with Crippen molar-refractivity contribution >= 4 is 28.8 Å². The van der Waals surface area contributed by atoms with Gasteiger partial charge in [0.15, 0.2) is 0 Å². The molecule has 1 aliphatic rings. The number of anilines is 4. The molecule has 0 aromatic heterocycles. The molecule has 63 heavy (non-hydrogen) atoms. The number of hydrogen-bond acceptors (Lipinski definition) is 9. The lowest BCUT2D eigenvalue weighted by atomic mass is 9.90. The minimum absolute atomic E-state index is 0.423. The first-order valence-electron chi connectivity index (χ1n) is 23.7. The lowest BCUT2D eigenvalue weighted by Gasteiger charge is -2.25. The summed E-state index contributed by atoms with van der Waals surface area (Å²) in [5, 5.41) is 3.05. The molecule has 0 unspecified atom stereocenters. The average Bonchev–Trinajstić information content (AvgIpc) is 3.20. The fraction of sp³-hybridized carbons (Fsp3) is 0.528. The second-order valence-corrected chi connectivity index (χ2v) is 18.2. The molecular formula is C53H76N4O6. The number of nitrogens with one attached hydrogen (secondary N) is 1. The Hall–Kier alpha value is -5.25. The van der Waals surface area contributed by atoms with E-state index in [0.717, 1.165) is 145 Å². The van der Waals surface area contributed by atoms with Gasteiger partial charge in [-0.1, -0.05) is 79.1 Å². The predicted molar refractivity (Wildman–Crippen MR) is 260 cm³/mol. The second-order valence-electron chi connectivity index (χ2n) is 18.2. The summed E-state index contributed by atoms with van der Waals surface area (Å²) < 4.78 is 33.1. The summed E-state index contributed by atoms with van der Waals surface area (Å²) in [6.45, 7) is 16.6. The molecule has 10 heteroatoms. The summed E-state index contributed by atoms with van der Waals surface area (Å²) in [7, 11) is 0. The number of nitrogen functional groups attached to an aromatic ring is 3. The van der Waals surface area contributed by atoms with Crippen molar-refractivity contribution in [2.75, 3.05) is 48.9 Å². The van der Waals surface area contributed by atoms with Crippen LogP contribution in [-0.2, 0) is 30.4 Å². The number of nitrogens with two attached hydrogens (primary N) is 3. The third kappa shape index (κ3) is 14.7. The largest absolute Gasteiger partial charge is 0.493 e. The Morgan fingerprint density at radius 2 is 0.714 bits per heavy atom. The molecule has 0 atom stereocenters. The van der Waals surface area contributed by atoms with Crippen LogP contribution < -0.4 is 41.5 Å². The number of carbonyl (C=O) groups is 1. The van der Waals surface area contributed by atoms with Crippen LogP contribution >= 0.6 is 0 Å². The molecule has 0 fully saturated rings. The van der Waals surface area contributed by atoms with E-state index < -0.39 is 11.7 Å². The number of benzene rings is 4. The molecule has 0 spiro atoms. The highest BCUT2D eigenvalue weighted by Crippen LogP contribution is 2.42. The number of rotatable bonds is 21. The first-order chi connectivity index (χ1) is 30.3. The first-order valence-corrected chi connectivity index (χ1v) is 23.7. The number of ether oxygens (including phenoxy) is 5. The van der Waals surface area contributed by atoms with E-state index in [4.69, 9.17) is 40.9 Å². The van der Waals surface area contributed by atoms with Crippen molar-refractivity contribution in [3.63, 3.8) is 0 Å². The summed E-state index contributed by atoms with van der Waals surface area (Å²) in [5.41, 5.74) is 29.7. The highest BCUT2D eigenvalue weighted by molar-refractivity contribution is 5.85. The second kappa shape index (κ2) is 24.0. The number of carbonyl (C=O) groups excluding carboxylic acids is 1. The molecule has 4 aromatic carbocycles. The number of amides is 1. The third-order valence-corrected chi connectivity index (χ3v) is 11.2. The standard InChI is InChI=1S/C53H76N4O6/c1-8-12-16-20-59-48-36-24-38-30-45(55)32-40(49(38)60-21-17-13-9-2)26-42-34-47(57-52(58)63-53(5,6)7)35-43(51(42)62-23-19-15-11-4)27-41-33-46(56)31-39(25-37(48)29-44(54)28-36)50(41)61-22-18-14-10-3/h28-35H,8-27,54-56H2,1-7H3,(H,57,58). The molecule has 7 N–H and O–H groups in total. The van der Waals surface area contributed by atoms with Crippen molar-refractivity contribution in [1.82, 2.24) is 0 Å². The van der Waals surface area contributed by atoms with Gasteiger partial charge in [-0.2, -0.15) is 0 Å². The molecule has 8 bridgehead atoms. The van der Waals surface area contributed by atoms with Crippen molar-refractivity contribution < 1.29 is 28.5 Å². The van der Waals surface area contributed by atoms with Crippen molar-refractivity contribution in [3.8, 4) is 23.0 Å². The minimum atomic E-state index is -0.684. The van der Waals surface area contributed by atoms with Crippen LogP contribution in [0, 0.1) is 0 Å². The van der Waals surface area contributed by atoms with Gasteiger partial charge in [0.1, 0.15) is 28.6 Å². The molecule has 0 heterocycles. The van der Waals surface area contributed by atoms with Crippen LogP contribution in [0.5, 0.6) is 23.0 Å². The molecule has 0 aliphatic heterocycles. The van der Waals surface area contributed by atoms with Crippen LogP contribution in [0.4, 0.5) is 27.5 Å². The lowest BCUT2D eigenvalue weighted by Crippen LogP contribution is -2.27. The Labute approximate surface area is 377 Å². The fourth-order valence-electron chi connectivity index (χ4n) is 8.31. The number of fused-ring (bicyclic) bond motifs is 8. The summed E-state index contributed by atoms with van der Waals surface area (Å²) in [6.07, 6.45) is 13.5. The van der Waals surface area contributed by atoms with Crippen LogP contribution in [0.2, 0.25) is 0 Å². The number of unbranched alkanes of at least 4 members (excludes halogenated alkanes) is 8. The van der Waals surface area contributed by atoms with Gasteiger partial charge in [0, 0.05) is 92.9 Å². The van der Waals surface area contributed by atoms with Gasteiger partial charge >= 0.3 is 6.09 Å². The molecule has 0 saturated heterocycles. The van der Waals surface area contributed by atoms with Gasteiger partial charge in [0.25, 0.3) is 0 Å². The zero-order valence-electron chi connectivity index (χ0n) is 39.4. The number of hydrogen-bond donors (Lipinski definition) is 4. The SMILES string of the molecule is CCCCCOc1c2cc(N)cc1Cc1cc(N)cc(c1OCCCCC)Cc1cc(NC(=O)OC(C)(C)C)cc(c1OCCCCC)Cc1cc(N)cc(c1OCCCCC)C2. The van der Waals surface area contributed by atoms with E-state index in [0.29, 0.717) is 74.9 Å².